The van der Waals surface area contributed by atoms with Gasteiger partial charge in [-0.2, -0.15) is 0 Å². The first-order chi connectivity index (χ1) is 11.6. The Hall–Kier alpha value is -2.89. The molecule has 0 spiro atoms. The summed E-state index contributed by atoms with van der Waals surface area (Å²) in [5, 5.41) is 2.87. The molecule has 2 heterocycles. The fourth-order valence-electron chi connectivity index (χ4n) is 2.59. The summed E-state index contributed by atoms with van der Waals surface area (Å²) in [6.45, 7) is 2.21. The first-order valence-electron chi connectivity index (χ1n) is 7.90. The van der Waals surface area contributed by atoms with E-state index < -0.39 is 0 Å². The fraction of sp³-hybridized carbons (Fsp3) is 0.278. The van der Waals surface area contributed by atoms with Crippen LogP contribution in [-0.4, -0.2) is 48.4 Å². The van der Waals surface area contributed by atoms with E-state index in [2.05, 4.69) is 10.3 Å². The number of pyridine rings is 1. The summed E-state index contributed by atoms with van der Waals surface area (Å²) in [5.74, 6) is -0.144. The van der Waals surface area contributed by atoms with E-state index in [-0.39, 0.29) is 11.8 Å². The highest BCUT2D eigenvalue weighted by atomic mass is 16.2. The molecule has 6 nitrogen and oxygen atoms in total. The number of anilines is 1. The minimum Gasteiger partial charge on any atom is -0.360 e. The third kappa shape index (κ3) is 3.71. The van der Waals surface area contributed by atoms with Crippen LogP contribution in [0.15, 0.2) is 48.7 Å². The molecule has 24 heavy (non-hydrogen) atoms. The van der Waals surface area contributed by atoms with Gasteiger partial charge in [-0.05, 0) is 17.7 Å². The number of piperazine rings is 1. The number of aromatic nitrogens is 1. The van der Waals surface area contributed by atoms with Crippen molar-refractivity contribution in [3.05, 3.63) is 59.9 Å². The van der Waals surface area contributed by atoms with Crippen LogP contribution in [0.25, 0.3) is 0 Å². The molecule has 0 aliphatic carbocycles. The Balaban J connectivity index is 1.66. The van der Waals surface area contributed by atoms with E-state index in [0.29, 0.717) is 25.3 Å². The minimum absolute atomic E-state index is 0.0770. The Morgan fingerprint density at radius 3 is 2.75 bits per heavy atom. The number of rotatable bonds is 4. The lowest BCUT2D eigenvalue weighted by atomic mass is 10.2. The van der Waals surface area contributed by atoms with Crippen molar-refractivity contribution in [3.8, 4) is 0 Å². The lowest BCUT2D eigenvalue weighted by Crippen LogP contribution is -2.48. The Kier molecular flexibility index (Phi) is 4.74. The molecule has 1 fully saturated rings. The van der Waals surface area contributed by atoms with Gasteiger partial charge in [0.15, 0.2) is 0 Å². The summed E-state index contributed by atoms with van der Waals surface area (Å²) in [7, 11) is 1.80. The van der Waals surface area contributed by atoms with Crippen molar-refractivity contribution in [2.75, 3.05) is 31.6 Å². The first-order valence-corrected chi connectivity index (χ1v) is 7.90. The topological polar surface area (TPSA) is 65.5 Å². The number of hydrogen-bond acceptors (Lipinski definition) is 4. The predicted molar refractivity (Wildman–Crippen MR) is 91.7 cm³/mol. The van der Waals surface area contributed by atoms with Crippen LogP contribution in [0.4, 0.5) is 5.69 Å². The maximum atomic E-state index is 12.3. The Morgan fingerprint density at radius 1 is 1.21 bits per heavy atom. The van der Waals surface area contributed by atoms with Crippen LogP contribution in [0, 0.1) is 0 Å². The first kappa shape index (κ1) is 16.0. The van der Waals surface area contributed by atoms with Crippen molar-refractivity contribution in [2.45, 2.75) is 6.54 Å². The van der Waals surface area contributed by atoms with Crippen molar-refractivity contribution in [3.63, 3.8) is 0 Å². The van der Waals surface area contributed by atoms with Gasteiger partial charge in [-0.3, -0.25) is 14.6 Å². The number of hydrogen-bond donors (Lipinski definition) is 1. The van der Waals surface area contributed by atoms with Gasteiger partial charge in [0.25, 0.3) is 5.91 Å². The van der Waals surface area contributed by atoms with Gasteiger partial charge in [0.05, 0.1) is 6.54 Å². The van der Waals surface area contributed by atoms with Crippen LogP contribution in [0.5, 0.6) is 0 Å². The molecule has 1 aromatic heterocycles. The van der Waals surface area contributed by atoms with Gasteiger partial charge < -0.3 is 15.1 Å². The van der Waals surface area contributed by atoms with Gasteiger partial charge in [-0.15, -0.1) is 0 Å². The van der Waals surface area contributed by atoms with Crippen LogP contribution in [0.2, 0.25) is 0 Å². The average molecular weight is 324 g/mol. The minimum atomic E-state index is -0.221. The van der Waals surface area contributed by atoms with Crippen molar-refractivity contribution in [1.82, 2.24) is 15.2 Å². The van der Waals surface area contributed by atoms with E-state index in [1.54, 1.807) is 24.2 Å². The molecule has 0 radical (unpaired) electrons. The molecule has 1 N–H and O–H groups in total. The van der Waals surface area contributed by atoms with E-state index in [4.69, 9.17) is 0 Å². The predicted octanol–water partition coefficient (Wildman–Crippen LogP) is 1.29. The molecular formula is C18H20N4O2. The summed E-state index contributed by atoms with van der Waals surface area (Å²) in [5.41, 5.74) is 2.23. The summed E-state index contributed by atoms with van der Waals surface area (Å²) < 4.78 is 0. The Labute approximate surface area is 141 Å². The molecule has 0 bridgehead atoms. The maximum Gasteiger partial charge on any atom is 0.270 e. The van der Waals surface area contributed by atoms with Gasteiger partial charge in [0.1, 0.15) is 5.69 Å². The molecule has 2 aromatic rings. The summed E-state index contributed by atoms with van der Waals surface area (Å²) in [4.78, 5) is 32.0. The molecule has 1 aromatic carbocycles. The van der Waals surface area contributed by atoms with Crippen LogP contribution < -0.4 is 10.2 Å². The number of amides is 2. The lowest BCUT2D eigenvalue weighted by molar-refractivity contribution is -0.129. The quantitative estimate of drug-likeness (QED) is 0.920. The van der Waals surface area contributed by atoms with E-state index >= 15 is 0 Å². The van der Waals surface area contributed by atoms with Crippen LogP contribution in [0.1, 0.15) is 16.1 Å². The van der Waals surface area contributed by atoms with E-state index in [1.807, 2.05) is 41.3 Å². The number of nitrogens with zero attached hydrogens (tertiary/aromatic N) is 3. The van der Waals surface area contributed by atoms with E-state index in [1.165, 1.54) is 0 Å². The standard InChI is InChI=1S/C18H20N4O2/c1-21-9-10-22(13-17(21)23)15-7-8-19-16(11-15)18(24)20-12-14-5-3-2-4-6-14/h2-8,11H,9-10,12-13H2,1H3,(H,20,24). The number of carbonyl (C=O) groups excluding carboxylic acids is 2. The van der Waals surface area contributed by atoms with E-state index in [9.17, 15) is 9.59 Å². The largest absolute Gasteiger partial charge is 0.360 e. The summed E-state index contributed by atoms with van der Waals surface area (Å²) >= 11 is 0. The highest BCUT2D eigenvalue weighted by Gasteiger charge is 2.21. The monoisotopic (exact) mass is 324 g/mol. The molecule has 0 unspecified atom stereocenters. The number of carbonyl (C=O) groups is 2. The number of benzene rings is 1. The number of likely N-dealkylation sites (N-methyl/N-ethyl adjacent to an activating group) is 1. The van der Waals surface area contributed by atoms with Crippen molar-refractivity contribution in [1.29, 1.82) is 0 Å². The third-order valence-corrected chi connectivity index (χ3v) is 4.09. The van der Waals surface area contributed by atoms with Crippen LogP contribution in [-0.2, 0) is 11.3 Å². The number of nitrogens with one attached hydrogen (secondary N) is 1. The average Bonchev–Trinajstić information content (AvgIpc) is 2.63. The second-order valence-corrected chi connectivity index (χ2v) is 5.80. The van der Waals surface area contributed by atoms with Crippen molar-refractivity contribution >= 4 is 17.5 Å². The molecule has 6 heteroatoms. The molecular weight excluding hydrogens is 304 g/mol. The van der Waals surface area contributed by atoms with Gasteiger partial charge in [0.2, 0.25) is 5.91 Å². The zero-order valence-electron chi connectivity index (χ0n) is 13.6. The fourth-order valence-corrected chi connectivity index (χ4v) is 2.59. The van der Waals surface area contributed by atoms with Gasteiger partial charge in [0, 0.05) is 38.6 Å². The Morgan fingerprint density at radius 2 is 2.00 bits per heavy atom. The second-order valence-electron chi connectivity index (χ2n) is 5.80. The SMILES string of the molecule is CN1CCN(c2ccnc(C(=O)NCc3ccccc3)c2)CC1=O. The Bertz CT molecular complexity index is 733. The molecule has 124 valence electrons. The second kappa shape index (κ2) is 7.12. The molecule has 1 aliphatic heterocycles. The summed E-state index contributed by atoms with van der Waals surface area (Å²) in [6.07, 6.45) is 1.61. The molecule has 1 saturated heterocycles. The summed E-state index contributed by atoms with van der Waals surface area (Å²) in [6, 6.07) is 13.3. The van der Waals surface area contributed by atoms with Gasteiger partial charge in [-0.25, -0.2) is 0 Å². The molecule has 2 amide bonds. The smallest absolute Gasteiger partial charge is 0.270 e. The normalized spacial score (nSPS) is 14.6. The third-order valence-electron chi connectivity index (χ3n) is 4.09. The molecule has 0 saturated carbocycles. The highest BCUT2D eigenvalue weighted by molar-refractivity contribution is 5.93. The van der Waals surface area contributed by atoms with E-state index in [0.717, 1.165) is 17.8 Å². The van der Waals surface area contributed by atoms with Crippen LogP contribution in [0.3, 0.4) is 0 Å². The van der Waals surface area contributed by atoms with Crippen molar-refractivity contribution in [2.24, 2.45) is 0 Å². The van der Waals surface area contributed by atoms with Gasteiger partial charge in [-0.1, -0.05) is 30.3 Å². The molecule has 0 atom stereocenters. The molecule has 1 aliphatic rings. The van der Waals surface area contributed by atoms with Crippen LogP contribution >= 0.6 is 0 Å². The zero-order valence-corrected chi connectivity index (χ0v) is 13.6. The maximum absolute atomic E-state index is 12.3. The molecule has 3 rings (SSSR count). The lowest BCUT2D eigenvalue weighted by Gasteiger charge is -2.33. The highest BCUT2D eigenvalue weighted by Crippen LogP contribution is 2.17. The zero-order chi connectivity index (χ0) is 16.9. The van der Waals surface area contributed by atoms with Gasteiger partial charge >= 0.3 is 0 Å². The van der Waals surface area contributed by atoms with Crippen molar-refractivity contribution < 1.29 is 9.59 Å².